The van der Waals surface area contributed by atoms with Crippen LogP contribution in [0.4, 0.5) is 0 Å². The molecule has 21 heavy (non-hydrogen) atoms. The number of carbonyl (C=O) groups excluding carboxylic acids is 1. The minimum absolute atomic E-state index is 0.166. The topological polar surface area (TPSA) is 43.1 Å². The Balaban J connectivity index is 1.77. The first-order chi connectivity index (χ1) is 10.3. The molecule has 0 aliphatic heterocycles. The maximum absolute atomic E-state index is 12.1. The van der Waals surface area contributed by atoms with E-state index in [2.05, 4.69) is 4.98 Å². The third kappa shape index (κ3) is 3.15. The average Bonchev–Trinajstić information content (AvgIpc) is 3.04. The van der Waals surface area contributed by atoms with Gasteiger partial charge in [-0.25, -0.2) is 0 Å². The van der Waals surface area contributed by atoms with Gasteiger partial charge < -0.3 is 4.42 Å². The molecule has 0 saturated heterocycles. The Bertz CT molecular complexity index is 758. The van der Waals surface area contributed by atoms with Gasteiger partial charge in [-0.3, -0.25) is 9.78 Å². The maximum Gasteiger partial charge on any atom is 0.221 e. The fourth-order valence-electron chi connectivity index (χ4n) is 1.96. The van der Waals surface area contributed by atoms with E-state index in [1.165, 1.54) is 6.08 Å². The van der Waals surface area contributed by atoms with Crippen molar-refractivity contribution in [2.75, 3.05) is 0 Å². The van der Waals surface area contributed by atoms with Crippen molar-refractivity contribution in [1.29, 1.82) is 0 Å². The number of carbonyl (C=O) groups is 1. The van der Waals surface area contributed by atoms with Gasteiger partial charge in [0.15, 0.2) is 5.76 Å². The highest BCUT2D eigenvalue weighted by molar-refractivity contribution is 6.05. The van der Waals surface area contributed by atoms with Crippen LogP contribution in [0.15, 0.2) is 77.5 Å². The lowest BCUT2D eigenvalue weighted by Crippen LogP contribution is -1.90. The van der Waals surface area contributed by atoms with Crippen LogP contribution in [-0.4, -0.2) is 10.8 Å². The van der Waals surface area contributed by atoms with E-state index in [4.69, 9.17) is 4.42 Å². The minimum atomic E-state index is -0.166. The van der Waals surface area contributed by atoms with Gasteiger partial charge in [0.05, 0.1) is 0 Å². The fourth-order valence-corrected chi connectivity index (χ4v) is 1.96. The second-order valence-corrected chi connectivity index (χ2v) is 4.51. The van der Waals surface area contributed by atoms with Crippen molar-refractivity contribution in [3.63, 3.8) is 0 Å². The normalized spacial score (nSPS) is 10.9. The predicted octanol–water partition coefficient (Wildman–Crippen LogP) is 4.24. The van der Waals surface area contributed by atoms with Crippen LogP contribution >= 0.6 is 0 Å². The van der Waals surface area contributed by atoms with Crippen LogP contribution in [0.2, 0.25) is 0 Å². The summed E-state index contributed by atoms with van der Waals surface area (Å²) in [6.07, 6.45) is 6.60. The second-order valence-electron chi connectivity index (χ2n) is 4.51. The van der Waals surface area contributed by atoms with Gasteiger partial charge in [-0.15, -0.1) is 0 Å². The third-order valence-electron chi connectivity index (χ3n) is 3.02. The molecule has 1 aromatic carbocycles. The number of hydrogen-bond acceptors (Lipinski definition) is 3. The Morgan fingerprint density at radius 2 is 1.86 bits per heavy atom. The molecular weight excluding hydrogens is 262 g/mol. The van der Waals surface area contributed by atoms with Crippen LogP contribution in [-0.2, 0) is 0 Å². The van der Waals surface area contributed by atoms with E-state index >= 15 is 0 Å². The first kappa shape index (κ1) is 13.1. The van der Waals surface area contributed by atoms with Crippen molar-refractivity contribution in [1.82, 2.24) is 4.98 Å². The van der Waals surface area contributed by atoms with E-state index in [0.29, 0.717) is 11.5 Å². The molecule has 0 spiro atoms. The number of pyridine rings is 1. The van der Waals surface area contributed by atoms with Crippen molar-refractivity contribution < 1.29 is 9.21 Å². The van der Waals surface area contributed by atoms with E-state index < -0.39 is 0 Å². The fraction of sp³-hybridized carbons (Fsp3) is 0. The highest BCUT2D eigenvalue weighted by Gasteiger charge is 2.09. The van der Waals surface area contributed by atoms with E-state index in [0.717, 1.165) is 11.1 Å². The second kappa shape index (κ2) is 6.01. The molecular formula is C18H13NO2. The summed E-state index contributed by atoms with van der Waals surface area (Å²) in [6, 6.07) is 16.9. The molecule has 0 bridgehead atoms. The molecule has 3 aromatic rings. The van der Waals surface area contributed by atoms with Gasteiger partial charge in [0, 0.05) is 18.0 Å². The zero-order chi connectivity index (χ0) is 14.5. The zero-order valence-electron chi connectivity index (χ0n) is 11.3. The highest BCUT2D eigenvalue weighted by atomic mass is 16.3. The molecule has 2 aromatic heterocycles. The van der Waals surface area contributed by atoms with Gasteiger partial charge in [0.2, 0.25) is 5.78 Å². The van der Waals surface area contributed by atoms with Gasteiger partial charge in [0.25, 0.3) is 0 Å². The summed E-state index contributed by atoms with van der Waals surface area (Å²) in [7, 11) is 0. The molecule has 0 aliphatic rings. The highest BCUT2D eigenvalue weighted by Crippen LogP contribution is 2.22. The molecule has 0 fully saturated rings. The Kier molecular flexibility index (Phi) is 3.74. The molecule has 3 nitrogen and oxygen atoms in total. The summed E-state index contributed by atoms with van der Waals surface area (Å²) in [5.74, 6) is 0.851. The maximum atomic E-state index is 12.1. The Hall–Kier alpha value is -2.94. The van der Waals surface area contributed by atoms with Crippen LogP contribution in [0.1, 0.15) is 16.1 Å². The van der Waals surface area contributed by atoms with Crippen LogP contribution in [0.25, 0.3) is 17.4 Å². The van der Waals surface area contributed by atoms with E-state index in [9.17, 15) is 4.79 Å². The lowest BCUT2D eigenvalue weighted by atomic mass is 10.2. The molecule has 0 amide bonds. The molecule has 102 valence electrons. The summed E-state index contributed by atoms with van der Waals surface area (Å²) in [5, 5.41) is 0. The number of aromatic nitrogens is 1. The number of furan rings is 1. The third-order valence-corrected chi connectivity index (χ3v) is 3.02. The molecule has 3 rings (SSSR count). The number of benzene rings is 1. The van der Waals surface area contributed by atoms with E-state index in [1.807, 2.05) is 42.5 Å². The lowest BCUT2D eigenvalue weighted by Gasteiger charge is -1.95. The number of rotatable bonds is 4. The van der Waals surface area contributed by atoms with Crippen molar-refractivity contribution in [2.45, 2.75) is 0 Å². The predicted molar refractivity (Wildman–Crippen MR) is 81.7 cm³/mol. The van der Waals surface area contributed by atoms with E-state index in [-0.39, 0.29) is 5.78 Å². The van der Waals surface area contributed by atoms with Crippen molar-refractivity contribution >= 4 is 11.9 Å². The summed E-state index contributed by atoms with van der Waals surface area (Å²) >= 11 is 0. The summed E-state index contributed by atoms with van der Waals surface area (Å²) < 4.78 is 5.60. The molecule has 0 saturated carbocycles. The average molecular weight is 275 g/mol. The van der Waals surface area contributed by atoms with Crippen molar-refractivity contribution in [2.24, 2.45) is 0 Å². The molecule has 3 heteroatoms. The summed E-state index contributed by atoms with van der Waals surface area (Å²) in [4.78, 5) is 16.1. The van der Waals surface area contributed by atoms with E-state index in [1.54, 1.807) is 30.6 Å². The van der Waals surface area contributed by atoms with Crippen LogP contribution in [0, 0.1) is 0 Å². The number of hydrogen-bond donors (Lipinski definition) is 0. The first-order valence-electron chi connectivity index (χ1n) is 6.60. The van der Waals surface area contributed by atoms with Crippen molar-refractivity contribution in [3.05, 3.63) is 84.4 Å². The number of allylic oxidation sites excluding steroid dienone is 1. The molecule has 0 atom stereocenters. The summed E-state index contributed by atoms with van der Waals surface area (Å²) in [6.45, 7) is 0. The van der Waals surface area contributed by atoms with Gasteiger partial charge in [0.1, 0.15) is 5.76 Å². The SMILES string of the molecule is O=C(/C=C/c1cccnc1)c1ccc(-c2ccccc2)o1. The van der Waals surface area contributed by atoms with Crippen LogP contribution in [0.5, 0.6) is 0 Å². The van der Waals surface area contributed by atoms with Crippen molar-refractivity contribution in [3.8, 4) is 11.3 Å². The van der Waals surface area contributed by atoms with Crippen LogP contribution < -0.4 is 0 Å². The van der Waals surface area contributed by atoms with Gasteiger partial charge in [-0.05, 0) is 35.9 Å². The van der Waals surface area contributed by atoms with Gasteiger partial charge in [-0.2, -0.15) is 0 Å². The standard InChI is InChI=1S/C18H13NO2/c20-16(9-8-14-5-4-12-19-13-14)18-11-10-17(21-18)15-6-2-1-3-7-15/h1-13H/b9-8+. The van der Waals surface area contributed by atoms with Crippen LogP contribution in [0.3, 0.4) is 0 Å². The van der Waals surface area contributed by atoms with Gasteiger partial charge >= 0.3 is 0 Å². The largest absolute Gasteiger partial charge is 0.453 e. The molecule has 0 aliphatic carbocycles. The quantitative estimate of drug-likeness (QED) is 0.528. The smallest absolute Gasteiger partial charge is 0.221 e. The molecule has 2 heterocycles. The Labute approximate surface area is 122 Å². The molecule has 0 radical (unpaired) electrons. The Morgan fingerprint density at radius 3 is 2.62 bits per heavy atom. The van der Waals surface area contributed by atoms with Gasteiger partial charge in [-0.1, -0.05) is 36.4 Å². The lowest BCUT2D eigenvalue weighted by molar-refractivity contribution is 0.102. The monoisotopic (exact) mass is 275 g/mol. The molecule has 0 N–H and O–H groups in total. The number of ketones is 1. The summed E-state index contributed by atoms with van der Waals surface area (Å²) in [5.41, 5.74) is 1.83. The zero-order valence-corrected chi connectivity index (χ0v) is 11.3. The molecule has 0 unspecified atom stereocenters. The minimum Gasteiger partial charge on any atom is -0.453 e. The Morgan fingerprint density at radius 1 is 1.00 bits per heavy atom. The number of nitrogens with zero attached hydrogens (tertiary/aromatic N) is 1. The first-order valence-corrected chi connectivity index (χ1v) is 6.60.